The fraction of sp³-hybridized carbons (Fsp3) is 0.444. The zero-order chi connectivity index (χ0) is 21.3. The van der Waals surface area contributed by atoms with Crippen LogP contribution in [0, 0.1) is 0 Å². The lowest BCUT2D eigenvalue weighted by molar-refractivity contribution is -0.00848. The molecule has 1 aliphatic heterocycles. The van der Waals surface area contributed by atoms with Crippen molar-refractivity contribution in [2.24, 2.45) is 0 Å². The molecule has 11 heteroatoms. The van der Waals surface area contributed by atoms with Crippen LogP contribution in [0.5, 0.6) is 0 Å². The Morgan fingerprint density at radius 2 is 2.00 bits per heavy atom. The monoisotopic (exact) mass is 462 g/mol. The topological polar surface area (TPSA) is 118 Å². The number of aromatic nitrogens is 2. The van der Waals surface area contributed by atoms with Crippen LogP contribution in [0.3, 0.4) is 0 Å². The number of H-pyrrole nitrogens is 1. The Balaban J connectivity index is 1.76. The molecule has 1 aliphatic rings. The maximum Gasteiger partial charge on any atom is 0.330 e. The fourth-order valence-corrected chi connectivity index (χ4v) is 5.41. The molecule has 0 saturated carbocycles. The zero-order valence-corrected chi connectivity index (χ0v) is 17.8. The number of aliphatic hydroxyl groups excluding tert-OH is 1. The summed E-state index contributed by atoms with van der Waals surface area (Å²) in [4.78, 5) is 26.0. The van der Waals surface area contributed by atoms with Crippen molar-refractivity contribution in [1.82, 2.24) is 9.55 Å². The summed E-state index contributed by atoms with van der Waals surface area (Å²) in [6.45, 7) is 1.76. The van der Waals surface area contributed by atoms with Crippen molar-refractivity contribution >= 4 is 33.0 Å². The van der Waals surface area contributed by atoms with Crippen molar-refractivity contribution in [2.75, 3.05) is 5.75 Å². The van der Waals surface area contributed by atoms with E-state index in [0.29, 0.717) is 22.6 Å². The largest absolute Gasteiger partial charge is 0.390 e. The van der Waals surface area contributed by atoms with Crippen LogP contribution in [0.15, 0.2) is 34.0 Å². The SMILES string of the molecule is CCc1cn([C@@H]2CC(O)[C@H](CS(=O)(=O)Cc3ccc(Cl)cc3Cl)O2)c(=O)[nH]c1=O. The van der Waals surface area contributed by atoms with E-state index in [1.54, 1.807) is 13.0 Å². The molecule has 1 saturated heterocycles. The minimum absolute atomic E-state index is 0.0248. The molecule has 29 heavy (non-hydrogen) atoms. The Hall–Kier alpha value is -1.65. The number of sulfone groups is 1. The van der Waals surface area contributed by atoms with Crippen LogP contribution in [-0.2, 0) is 26.7 Å². The molecular formula is C18H20Cl2N2O6S. The van der Waals surface area contributed by atoms with Gasteiger partial charge in [0, 0.05) is 28.2 Å². The first kappa shape index (κ1) is 22.0. The first-order valence-electron chi connectivity index (χ1n) is 8.92. The summed E-state index contributed by atoms with van der Waals surface area (Å²) in [5, 5.41) is 10.9. The smallest absolute Gasteiger partial charge is 0.330 e. The third-order valence-corrected chi connectivity index (χ3v) is 6.92. The maximum atomic E-state index is 12.6. The quantitative estimate of drug-likeness (QED) is 0.673. The summed E-state index contributed by atoms with van der Waals surface area (Å²) >= 11 is 11.9. The van der Waals surface area contributed by atoms with Gasteiger partial charge in [0.2, 0.25) is 0 Å². The predicted octanol–water partition coefficient (Wildman–Crippen LogP) is 1.67. The molecule has 1 unspecified atom stereocenters. The number of aromatic amines is 1. The van der Waals surface area contributed by atoms with Gasteiger partial charge in [-0.05, 0) is 24.1 Å². The third-order valence-electron chi connectivity index (χ3n) is 4.75. The summed E-state index contributed by atoms with van der Waals surface area (Å²) in [5.74, 6) is -0.777. The van der Waals surface area contributed by atoms with Gasteiger partial charge in [0.25, 0.3) is 5.56 Å². The van der Waals surface area contributed by atoms with Gasteiger partial charge in [-0.1, -0.05) is 36.2 Å². The van der Waals surface area contributed by atoms with Gasteiger partial charge in [0.05, 0.1) is 17.6 Å². The van der Waals surface area contributed by atoms with Crippen LogP contribution in [-0.4, -0.2) is 41.0 Å². The van der Waals surface area contributed by atoms with Crippen molar-refractivity contribution in [1.29, 1.82) is 0 Å². The number of nitrogens with zero attached hydrogens (tertiary/aromatic N) is 1. The van der Waals surface area contributed by atoms with E-state index in [0.717, 1.165) is 0 Å². The Bertz CT molecular complexity index is 1130. The molecule has 2 aromatic rings. The zero-order valence-electron chi connectivity index (χ0n) is 15.5. The number of hydrogen-bond donors (Lipinski definition) is 2. The van der Waals surface area contributed by atoms with Crippen molar-refractivity contribution in [3.63, 3.8) is 0 Å². The van der Waals surface area contributed by atoms with E-state index < -0.39 is 45.3 Å². The molecule has 3 rings (SSSR count). The highest BCUT2D eigenvalue weighted by Gasteiger charge is 2.38. The number of ether oxygens (including phenoxy) is 1. The summed E-state index contributed by atoms with van der Waals surface area (Å²) in [5.41, 5.74) is -0.382. The van der Waals surface area contributed by atoms with E-state index in [1.165, 1.54) is 22.9 Å². The van der Waals surface area contributed by atoms with E-state index in [1.807, 2.05) is 0 Å². The predicted molar refractivity (Wildman–Crippen MR) is 109 cm³/mol. The molecule has 0 amide bonds. The van der Waals surface area contributed by atoms with Crippen molar-refractivity contribution < 1.29 is 18.3 Å². The molecule has 2 heterocycles. The molecule has 0 bridgehead atoms. The minimum Gasteiger partial charge on any atom is -0.390 e. The van der Waals surface area contributed by atoms with Gasteiger partial charge in [-0.25, -0.2) is 13.2 Å². The number of nitrogens with one attached hydrogen (secondary N) is 1. The average molecular weight is 463 g/mol. The van der Waals surface area contributed by atoms with Crippen LogP contribution in [0.2, 0.25) is 10.0 Å². The van der Waals surface area contributed by atoms with Crippen LogP contribution in [0.4, 0.5) is 0 Å². The van der Waals surface area contributed by atoms with Crippen molar-refractivity contribution in [3.8, 4) is 0 Å². The van der Waals surface area contributed by atoms with Crippen LogP contribution < -0.4 is 11.2 Å². The summed E-state index contributed by atoms with van der Waals surface area (Å²) in [7, 11) is -3.68. The van der Waals surface area contributed by atoms with Gasteiger partial charge < -0.3 is 9.84 Å². The molecule has 0 spiro atoms. The lowest BCUT2D eigenvalue weighted by atomic mass is 10.2. The molecule has 3 atom stereocenters. The van der Waals surface area contributed by atoms with Gasteiger partial charge in [0.1, 0.15) is 12.3 Å². The number of halogens is 2. The van der Waals surface area contributed by atoms with E-state index in [4.69, 9.17) is 27.9 Å². The van der Waals surface area contributed by atoms with E-state index >= 15 is 0 Å². The van der Waals surface area contributed by atoms with Gasteiger partial charge >= 0.3 is 5.69 Å². The number of aryl methyl sites for hydroxylation is 1. The molecule has 1 fully saturated rings. The van der Waals surface area contributed by atoms with Crippen LogP contribution >= 0.6 is 23.2 Å². The fourth-order valence-electron chi connectivity index (χ4n) is 3.21. The molecule has 0 aliphatic carbocycles. The summed E-state index contributed by atoms with van der Waals surface area (Å²) < 4.78 is 32.0. The Kier molecular flexibility index (Phi) is 6.54. The normalized spacial score (nSPS) is 22.1. The number of hydrogen-bond acceptors (Lipinski definition) is 6. The molecule has 1 aromatic heterocycles. The molecule has 158 valence electrons. The van der Waals surface area contributed by atoms with E-state index in [9.17, 15) is 23.1 Å². The number of benzene rings is 1. The standard InChI is InChI=1S/C18H20Cl2N2O6S/c1-2-10-7-22(18(25)21-17(10)24)16-6-14(23)15(28-16)9-29(26,27)8-11-3-4-12(19)5-13(11)20/h3-5,7,14-16,23H,2,6,8-9H2,1H3,(H,21,24,25)/t14?,15-,16-/m0/s1. The second-order valence-electron chi connectivity index (χ2n) is 6.90. The second kappa shape index (κ2) is 8.61. The van der Waals surface area contributed by atoms with Gasteiger partial charge in [-0.2, -0.15) is 0 Å². The molecule has 1 aromatic carbocycles. The van der Waals surface area contributed by atoms with E-state index in [2.05, 4.69) is 4.98 Å². The Morgan fingerprint density at radius 3 is 2.66 bits per heavy atom. The first-order chi connectivity index (χ1) is 13.6. The van der Waals surface area contributed by atoms with Crippen molar-refractivity contribution in [3.05, 3.63) is 66.4 Å². The summed E-state index contributed by atoms with van der Waals surface area (Å²) in [6, 6.07) is 4.53. The van der Waals surface area contributed by atoms with Gasteiger partial charge in [-0.3, -0.25) is 14.3 Å². The summed E-state index contributed by atoms with van der Waals surface area (Å²) in [6.07, 6.45) is -1.16. The molecular weight excluding hydrogens is 443 g/mol. The lowest BCUT2D eigenvalue weighted by Crippen LogP contribution is -2.34. The third kappa shape index (κ3) is 5.10. The lowest BCUT2D eigenvalue weighted by Gasteiger charge is -2.17. The maximum absolute atomic E-state index is 12.6. The highest BCUT2D eigenvalue weighted by atomic mass is 35.5. The van der Waals surface area contributed by atoms with Crippen molar-refractivity contribution in [2.45, 2.75) is 44.0 Å². The van der Waals surface area contributed by atoms with Gasteiger partial charge in [0.15, 0.2) is 9.84 Å². The van der Waals surface area contributed by atoms with E-state index in [-0.39, 0.29) is 17.2 Å². The van der Waals surface area contributed by atoms with Crippen LogP contribution in [0.1, 0.15) is 30.7 Å². The first-order valence-corrected chi connectivity index (χ1v) is 11.5. The molecule has 8 nitrogen and oxygen atoms in total. The van der Waals surface area contributed by atoms with Crippen LogP contribution in [0.25, 0.3) is 0 Å². The average Bonchev–Trinajstić information content (AvgIpc) is 2.97. The Morgan fingerprint density at radius 1 is 1.28 bits per heavy atom. The minimum atomic E-state index is -3.68. The van der Waals surface area contributed by atoms with Gasteiger partial charge in [-0.15, -0.1) is 0 Å². The highest BCUT2D eigenvalue weighted by Crippen LogP contribution is 2.30. The number of rotatable bonds is 6. The molecule has 2 N–H and O–H groups in total. The molecule has 0 radical (unpaired) electrons. The number of aliphatic hydroxyl groups is 1. The second-order valence-corrected chi connectivity index (χ2v) is 9.85. The highest BCUT2D eigenvalue weighted by molar-refractivity contribution is 7.90. The Labute approximate surface area is 177 Å².